The van der Waals surface area contributed by atoms with Crippen molar-refractivity contribution in [2.75, 3.05) is 0 Å². The fourth-order valence-electron chi connectivity index (χ4n) is 1.43. The van der Waals surface area contributed by atoms with Gasteiger partial charge in [-0.05, 0) is 5.56 Å². The van der Waals surface area contributed by atoms with Gasteiger partial charge in [0.2, 0.25) is 5.78 Å². The van der Waals surface area contributed by atoms with Crippen LogP contribution in [0.25, 0.3) is 10.9 Å². The Morgan fingerprint density at radius 2 is 2.20 bits per heavy atom. The summed E-state index contributed by atoms with van der Waals surface area (Å²) in [6, 6.07) is 5.32. The van der Waals surface area contributed by atoms with Gasteiger partial charge in [0.25, 0.3) is 0 Å². The second-order valence-electron chi connectivity index (χ2n) is 3.16. The predicted octanol–water partition coefficient (Wildman–Crippen LogP) is 0.759. The number of aromatic nitrogens is 2. The van der Waals surface area contributed by atoms with Crippen molar-refractivity contribution in [3.05, 3.63) is 30.0 Å². The minimum absolute atomic E-state index is 0.116. The first-order valence-corrected chi connectivity index (χ1v) is 4.35. The molecule has 1 heterocycles. The molecule has 1 aromatic heterocycles. The molecule has 1 aromatic carbocycles. The molecule has 0 bridgehead atoms. The molecule has 0 amide bonds. The summed E-state index contributed by atoms with van der Waals surface area (Å²) in [5.74, 6) is -2.23. The van der Waals surface area contributed by atoms with Gasteiger partial charge in [0, 0.05) is 11.8 Å². The van der Waals surface area contributed by atoms with E-state index in [2.05, 4.69) is 10.2 Å². The Labute approximate surface area is 84.7 Å². The standard InChI is InChI=1S/C10H8N2O3/c13-8(10(14)15)4-6-2-1-3-7-5-11-12-9(6)7/h1-3,5H,4H2,(H,11,12)(H,14,15). The maximum atomic E-state index is 11.0. The zero-order valence-electron chi connectivity index (χ0n) is 7.73. The molecule has 15 heavy (non-hydrogen) atoms. The van der Waals surface area contributed by atoms with Crippen LogP contribution in [0.1, 0.15) is 5.56 Å². The highest BCUT2D eigenvalue weighted by atomic mass is 16.4. The highest BCUT2D eigenvalue weighted by Gasteiger charge is 2.14. The molecule has 0 saturated carbocycles. The third-order valence-electron chi connectivity index (χ3n) is 2.15. The molecule has 2 aromatic rings. The van der Waals surface area contributed by atoms with Crippen molar-refractivity contribution < 1.29 is 14.7 Å². The molecule has 0 radical (unpaired) electrons. The summed E-state index contributed by atoms with van der Waals surface area (Å²) in [6.45, 7) is 0. The van der Waals surface area contributed by atoms with E-state index < -0.39 is 11.8 Å². The van der Waals surface area contributed by atoms with Crippen LogP contribution >= 0.6 is 0 Å². The monoisotopic (exact) mass is 204 g/mol. The van der Waals surface area contributed by atoms with Gasteiger partial charge in [-0.25, -0.2) is 4.79 Å². The number of aromatic amines is 1. The number of nitrogens with zero attached hydrogens (tertiary/aromatic N) is 1. The zero-order chi connectivity index (χ0) is 10.8. The van der Waals surface area contributed by atoms with E-state index in [1.807, 2.05) is 6.07 Å². The number of Topliss-reactive ketones (excluding diaryl/α,β-unsaturated/α-hetero) is 1. The number of carboxylic acids is 1. The third kappa shape index (κ3) is 1.71. The van der Waals surface area contributed by atoms with E-state index in [-0.39, 0.29) is 6.42 Å². The molecule has 0 atom stereocenters. The zero-order valence-corrected chi connectivity index (χ0v) is 7.73. The summed E-state index contributed by atoms with van der Waals surface area (Å²) in [5, 5.41) is 15.9. The van der Waals surface area contributed by atoms with Crippen molar-refractivity contribution in [3.63, 3.8) is 0 Å². The number of fused-ring (bicyclic) bond motifs is 1. The average molecular weight is 204 g/mol. The number of rotatable bonds is 3. The summed E-state index contributed by atoms with van der Waals surface area (Å²) in [5.41, 5.74) is 1.37. The van der Waals surface area contributed by atoms with Crippen LogP contribution in [-0.4, -0.2) is 27.1 Å². The van der Waals surface area contributed by atoms with Gasteiger partial charge in [-0.15, -0.1) is 0 Å². The van der Waals surface area contributed by atoms with Gasteiger partial charge in [0.05, 0.1) is 11.7 Å². The molecule has 0 aliphatic rings. The number of aliphatic carboxylic acids is 1. The van der Waals surface area contributed by atoms with Crippen molar-refractivity contribution in [1.82, 2.24) is 10.2 Å². The largest absolute Gasteiger partial charge is 0.475 e. The Morgan fingerprint density at radius 1 is 1.40 bits per heavy atom. The van der Waals surface area contributed by atoms with E-state index >= 15 is 0 Å². The van der Waals surface area contributed by atoms with Crippen molar-refractivity contribution in [2.24, 2.45) is 0 Å². The quantitative estimate of drug-likeness (QED) is 0.723. The van der Waals surface area contributed by atoms with Gasteiger partial charge in [0.1, 0.15) is 0 Å². The number of benzene rings is 1. The topological polar surface area (TPSA) is 83.0 Å². The van der Waals surface area contributed by atoms with E-state index in [9.17, 15) is 9.59 Å². The Balaban J connectivity index is 2.39. The van der Waals surface area contributed by atoms with Gasteiger partial charge < -0.3 is 5.11 Å². The number of hydrogen-bond acceptors (Lipinski definition) is 3. The number of ketones is 1. The number of H-pyrrole nitrogens is 1. The van der Waals surface area contributed by atoms with Crippen LogP contribution in [0.15, 0.2) is 24.4 Å². The van der Waals surface area contributed by atoms with E-state index in [0.717, 1.165) is 5.39 Å². The summed E-state index contributed by atoms with van der Waals surface area (Å²) in [4.78, 5) is 21.4. The Kier molecular flexibility index (Phi) is 2.21. The first-order valence-electron chi connectivity index (χ1n) is 4.35. The lowest BCUT2D eigenvalue weighted by atomic mass is 10.1. The maximum Gasteiger partial charge on any atom is 0.372 e. The number of hydrogen-bond donors (Lipinski definition) is 2. The number of carbonyl (C=O) groups is 2. The molecule has 0 saturated heterocycles. The van der Waals surface area contributed by atoms with Crippen LogP contribution in [0.3, 0.4) is 0 Å². The highest BCUT2D eigenvalue weighted by molar-refractivity contribution is 6.33. The summed E-state index contributed by atoms with van der Waals surface area (Å²) in [7, 11) is 0. The molecule has 0 spiro atoms. The number of para-hydroxylation sites is 1. The van der Waals surface area contributed by atoms with Crippen molar-refractivity contribution in [3.8, 4) is 0 Å². The van der Waals surface area contributed by atoms with Gasteiger partial charge in [-0.2, -0.15) is 5.10 Å². The fourth-order valence-corrected chi connectivity index (χ4v) is 1.43. The molecular weight excluding hydrogens is 196 g/mol. The SMILES string of the molecule is O=C(O)C(=O)Cc1cccc2cn[nH]c12. The molecule has 2 N–H and O–H groups in total. The first kappa shape index (κ1) is 9.39. The van der Waals surface area contributed by atoms with Crippen LogP contribution in [0.4, 0.5) is 0 Å². The lowest BCUT2D eigenvalue weighted by Gasteiger charge is -1.98. The van der Waals surface area contributed by atoms with E-state index in [0.29, 0.717) is 11.1 Å². The predicted molar refractivity (Wildman–Crippen MR) is 52.4 cm³/mol. The third-order valence-corrected chi connectivity index (χ3v) is 2.15. The minimum Gasteiger partial charge on any atom is -0.475 e. The second-order valence-corrected chi connectivity index (χ2v) is 3.16. The summed E-state index contributed by atoms with van der Waals surface area (Å²) >= 11 is 0. The summed E-state index contributed by atoms with van der Waals surface area (Å²) < 4.78 is 0. The van der Waals surface area contributed by atoms with Crippen LogP contribution in [0.5, 0.6) is 0 Å². The van der Waals surface area contributed by atoms with Crippen molar-refractivity contribution >= 4 is 22.7 Å². The molecule has 0 aliphatic carbocycles. The smallest absolute Gasteiger partial charge is 0.372 e. The van der Waals surface area contributed by atoms with Gasteiger partial charge in [-0.1, -0.05) is 18.2 Å². The molecular formula is C10H8N2O3. The van der Waals surface area contributed by atoms with Crippen LogP contribution in [-0.2, 0) is 16.0 Å². The van der Waals surface area contributed by atoms with Crippen LogP contribution < -0.4 is 0 Å². The van der Waals surface area contributed by atoms with Crippen LogP contribution in [0, 0.1) is 0 Å². The minimum atomic E-state index is -1.41. The number of nitrogens with one attached hydrogen (secondary N) is 1. The van der Waals surface area contributed by atoms with Crippen molar-refractivity contribution in [1.29, 1.82) is 0 Å². The first-order chi connectivity index (χ1) is 7.18. The Hall–Kier alpha value is -2.17. The second kappa shape index (κ2) is 3.53. The lowest BCUT2D eigenvalue weighted by Crippen LogP contribution is -2.15. The van der Waals surface area contributed by atoms with Crippen molar-refractivity contribution in [2.45, 2.75) is 6.42 Å². The molecule has 2 rings (SSSR count). The molecule has 0 fully saturated rings. The number of carbonyl (C=O) groups excluding carboxylic acids is 1. The van der Waals surface area contributed by atoms with Gasteiger partial charge in [0.15, 0.2) is 0 Å². The molecule has 76 valence electrons. The van der Waals surface area contributed by atoms with E-state index in [4.69, 9.17) is 5.11 Å². The lowest BCUT2D eigenvalue weighted by molar-refractivity contribution is -0.148. The fraction of sp³-hybridized carbons (Fsp3) is 0.100. The van der Waals surface area contributed by atoms with Gasteiger partial charge >= 0.3 is 5.97 Å². The number of carboxylic acid groups (broad SMARTS) is 1. The van der Waals surface area contributed by atoms with E-state index in [1.165, 1.54) is 0 Å². The maximum absolute atomic E-state index is 11.0. The normalized spacial score (nSPS) is 10.4. The van der Waals surface area contributed by atoms with Crippen LogP contribution in [0.2, 0.25) is 0 Å². The molecule has 5 heteroatoms. The van der Waals surface area contributed by atoms with Gasteiger partial charge in [-0.3, -0.25) is 9.89 Å². The summed E-state index contributed by atoms with van der Waals surface area (Å²) in [6.07, 6.45) is 1.51. The van der Waals surface area contributed by atoms with E-state index in [1.54, 1.807) is 18.3 Å². The Morgan fingerprint density at radius 3 is 2.93 bits per heavy atom. The molecule has 5 nitrogen and oxygen atoms in total. The molecule has 0 aliphatic heterocycles. The highest BCUT2D eigenvalue weighted by Crippen LogP contribution is 2.16. The Bertz CT molecular complexity index is 530. The molecule has 0 unspecified atom stereocenters. The average Bonchev–Trinajstić information content (AvgIpc) is 2.66.